The molecule has 2 nitrogen and oxygen atoms in total. The van der Waals surface area contributed by atoms with Crippen LogP contribution in [-0.4, -0.2) is 18.8 Å². The van der Waals surface area contributed by atoms with E-state index in [9.17, 15) is 4.79 Å². The van der Waals surface area contributed by atoms with Gasteiger partial charge in [-0.25, -0.2) is 0 Å². The molecule has 0 aliphatic rings. The van der Waals surface area contributed by atoms with Crippen LogP contribution in [0.25, 0.3) is 0 Å². The minimum atomic E-state index is -0.133. The molecule has 0 aromatic heterocycles. The molecule has 5 heteroatoms. The van der Waals surface area contributed by atoms with Gasteiger partial charge in [0.1, 0.15) is 5.75 Å². The number of hydrogen-bond donors (Lipinski definition) is 0. The Labute approximate surface area is 106 Å². The van der Waals surface area contributed by atoms with Crippen LogP contribution in [0.5, 0.6) is 5.75 Å². The maximum Gasteiger partial charge on any atom is 0.178 e. The summed E-state index contributed by atoms with van der Waals surface area (Å²) in [5.74, 6) is 0.312. The second kappa shape index (κ2) is 5.19. The van der Waals surface area contributed by atoms with Gasteiger partial charge in [0.25, 0.3) is 0 Å². The minimum absolute atomic E-state index is 0.0409. The van der Waals surface area contributed by atoms with Crippen molar-refractivity contribution in [2.45, 2.75) is 0 Å². The predicted octanol–water partition coefficient (Wildman–Crippen LogP) is 3.37. The largest absolute Gasteiger partial charge is 0.495 e. The summed E-state index contributed by atoms with van der Waals surface area (Å²) < 4.78 is 5.78. The number of halogens is 3. The third kappa shape index (κ3) is 2.52. The molecule has 0 bridgehead atoms. The van der Waals surface area contributed by atoms with Crippen LogP contribution in [0.15, 0.2) is 12.1 Å². The molecule has 0 radical (unpaired) electrons. The van der Waals surface area contributed by atoms with Gasteiger partial charge in [0.15, 0.2) is 5.78 Å². The molecule has 1 rings (SSSR count). The van der Waals surface area contributed by atoms with E-state index < -0.39 is 0 Å². The summed E-state index contributed by atoms with van der Waals surface area (Å²) in [5, 5.41) is 0.489. The molecule has 76 valence electrons. The zero-order valence-electron chi connectivity index (χ0n) is 7.31. The predicted molar refractivity (Wildman–Crippen MR) is 65.8 cm³/mol. The van der Waals surface area contributed by atoms with Gasteiger partial charge in [0, 0.05) is 9.13 Å². The van der Waals surface area contributed by atoms with E-state index in [4.69, 9.17) is 27.9 Å². The lowest BCUT2D eigenvalue weighted by Gasteiger charge is -2.07. The van der Waals surface area contributed by atoms with Crippen LogP contribution in [0.1, 0.15) is 10.4 Å². The van der Waals surface area contributed by atoms with Crippen LogP contribution >= 0.6 is 45.8 Å². The highest BCUT2D eigenvalue weighted by molar-refractivity contribution is 14.1. The lowest BCUT2D eigenvalue weighted by Crippen LogP contribution is -2.03. The smallest absolute Gasteiger partial charge is 0.178 e. The number of benzene rings is 1. The number of rotatable bonds is 3. The van der Waals surface area contributed by atoms with Gasteiger partial charge in [-0.15, -0.1) is 11.6 Å². The molecule has 0 atom stereocenters. The molecule has 0 aliphatic heterocycles. The van der Waals surface area contributed by atoms with E-state index in [2.05, 4.69) is 0 Å². The lowest BCUT2D eigenvalue weighted by atomic mass is 10.1. The Kier molecular flexibility index (Phi) is 4.47. The van der Waals surface area contributed by atoms with Gasteiger partial charge in [0.05, 0.1) is 18.0 Å². The summed E-state index contributed by atoms with van der Waals surface area (Å²) in [4.78, 5) is 11.4. The van der Waals surface area contributed by atoms with Gasteiger partial charge in [-0.1, -0.05) is 11.6 Å². The van der Waals surface area contributed by atoms with Crippen molar-refractivity contribution in [2.75, 3.05) is 13.0 Å². The minimum Gasteiger partial charge on any atom is -0.495 e. The van der Waals surface area contributed by atoms with Crippen LogP contribution < -0.4 is 4.74 Å². The first-order valence-corrected chi connectivity index (χ1v) is 5.71. The molecule has 14 heavy (non-hydrogen) atoms. The first kappa shape index (κ1) is 12.1. The second-order valence-electron chi connectivity index (χ2n) is 2.52. The molecule has 0 amide bonds. The molecule has 0 spiro atoms. The van der Waals surface area contributed by atoms with Crippen LogP contribution in [0.4, 0.5) is 0 Å². The number of methoxy groups -OCH3 is 1. The fraction of sp³-hybridized carbons (Fsp3) is 0.222. The topological polar surface area (TPSA) is 26.3 Å². The van der Waals surface area contributed by atoms with Gasteiger partial charge in [-0.3, -0.25) is 4.79 Å². The normalized spacial score (nSPS) is 10.0. The third-order valence-corrected chi connectivity index (χ3v) is 3.09. The molecule has 1 aromatic carbocycles. The summed E-state index contributed by atoms with van der Waals surface area (Å²) in [6.45, 7) is 0. The quantitative estimate of drug-likeness (QED) is 0.477. The number of ether oxygens (including phenoxy) is 1. The van der Waals surface area contributed by atoms with Crippen LogP contribution in [0.3, 0.4) is 0 Å². The second-order valence-corrected chi connectivity index (χ2v) is 4.36. The van der Waals surface area contributed by atoms with Crippen LogP contribution in [-0.2, 0) is 0 Å². The molecule has 1 aromatic rings. The molecule has 0 saturated heterocycles. The number of alkyl halides is 1. The number of carbonyl (C=O) groups is 1. The van der Waals surface area contributed by atoms with E-state index in [0.29, 0.717) is 16.3 Å². The Morgan fingerprint density at radius 2 is 2.21 bits per heavy atom. The molecule has 0 fully saturated rings. The number of ketones is 1. The van der Waals surface area contributed by atoms with Crippen molar-refractivity contribution in [3.8, 4) is 5.75 Å². The summed E-state index contributed by atoms with van der Waals surface area (Å²) in [6, 6.07) is 3.29. The highest BCUT2D eigenvalue weighted by atomic mass is 127. The van der Waals surface area contributed by atoms with Gasteiger partial charge in [-0.05, 0) is 34.7 Å². The van der Waals surface area contributed by atoms with Crippen molar-refractivity contribution in [3.63, 3.8) is 0 Å². The molecule has 0 heterocycles. The van der Waals surface area contributed by atoms with Gasteiger partial charge >= 0.3 is 0 Å². The summed E-state index contributed by atoms with van der Waals surface area (Å²) in [6.07, 6.45) is 0. The Hall–Kier alpha value is -0.000000000000000167. The zero-order chi connectivity index (χ0) is 10.7. The summed E-state index contributed by atoms with van der Waals surface area (Å²) >= 11 is 13.4. The number of carbonyl (C=O) groups excluding carboxylic acids is 1. The molecule has 0 unspecified atom stereocenters. The van der Waals surface area contributed by atoms with Crippen molar-refractivity contribution < 1.29 is 9.53 Å². The maximum absolute atomic E-state index is 11.4. The van der Waals surface area contributed by atoms with Crippen molar-refractivity contribution in [1.82, 2.24) is 0 Å². The Morgan fingerprint density at radius 3 is 2.71 bits per heavy atom. The summed E-state index contributed by atoms with van der Waals surface area (Å²) in [5.41, 5.74) is 0.543. The van der Waals surface area contributed by atoms with Crippen molar-refractivity contribution in [3.05, 3.63) is 26.3 Å². The fourth-order valence-electron chi connectivity index (χ4n) is 0.971. The van der Waals surface area contributed by atoms with Gasteiger partial charge in [0.2, 0.25) is 0 Å². The summed E-state index contributed by atoms with van der Waals surface area (Å²) in [7, 11) is 1.50. The van der Waals surface area contributed by atoms with E-state index >= 15 is 0 Å². The standard InChI is InChI=1S/C9H7Cl2IO2/c1-14-9-2-5(8(13)4-10)7(12)3-6(9)11/h2-3H,4H2,1H3. The lowest BCUT2D eigenvalue weighted by molar-refractivity contribution is 0.102. The SMILES string of the molecule is COc1cc(C(=O)CCl)c(I)cc1Cl. The van der Waals surface area contributed by atoms with E-state index in [0.717, 1.165) is 3.57 Å². The Balaban J connectivity index is 3.24. The Bertz CT molecular complexity index is 366. The van der Waals surface area contributed by atoms with Crippen LogP contribution in [0, 0.1) is 3.57 Å². The third-order valence-electron chi connectivity index (χ3n) is 1.66. The highest BCUT2D eigenvalue weighted by Crippen LogP contribution is 2.29. The van der Waals surface area contributed by atoms with E-state index in [1.54, 1.807) is 12.1 Å². The molecule has 0 aliphatic carbocycles. The monoisotopic (exact) mass is 344 g/mol. The van der Waals surface area contributed by atoms with Crippen LogP contribution in [0.2, 0.25) is 5.02 Å². The molecule has 0 N–H and O–H groups in total. The maximum atomic E-state index is 11.4. The van der Waals surface area contributed by atoms with Crippen molar-refractivity contribution in [1.29, 1.82) is 0 Å². The van der Waals surface area contributed by atoms with Gasteiger partial charge < -0.3 is 4.74 Å². The molecular formula is C9H7Cl2IO2. The number of Topliss-reactive ketones (excluding diaryl/α,β-unsaturated/α-hetero) is 1. The highest BCUT2D eigenvalue weighted by Gasteiger charge is 2.12. The zero-order valence-corrected chi connectivity index (χ0v) is 11.0. The van der Waals surface area contributed by atoms with Crippen molar-refractivity contribution in [2.24, 2.45) is 0 Å². The van der Waals surface area contributed by atoms with E-state index in [1.807, 2.05) is 22.6 Å². The number of hydrogen-bond acceptors (Lipinski definition) is 2. The van der Waals surface area contributed by atoms with E-state index in [1.165, 1.54) is 7.11 Å². The van der Waals surface area contributed by atoms with Gasteiger partial charge in [-0.2, -0.15) is 0 Å². The Morgan fingerprint density at radius 1 is 1.57 bits per heavy atom. The average Bonchev–Trinajstić information content (AvgIpc) is 2.17. The molecule has 0 saturated carbocycles. The van der Waals surface area contributed by atoms with E-state index in [-0.39, 0.29) is 11.7 Å². The fourth-order valence-corrected chi connectivity index (χ4v) is 2.31. The average molecular weight is 345 g/mol. The molecular weight excluding hydrogens is 338 g/mol. The van der Waals surface area contributed by atoms with Crippen molar-refractivity contribution >= 4 is 51.6 Å². The first-order valence-electron chi connectivity index (χ1n) is 3.72. The first-order chi connectivity index (χ1) is 6.60.